The van der Waals surface area contributed by atoms with Crippen LogP contribution in [-0.4, -0.2) is 35.8 Å². The van der Waals surface area contributed by atoms with Crippen LogP contribution in [0, 0.1) is 0 Å². The van der Waals surface area contributed by atoms with Gasteiger partial charge in [-0.2, -0.15) is 0 Å². The molecule has 20 heavy (non-hydrogen) atoms. The molecule has 1 saturated heterocycles. The minimum absolute atomic E-state index is 0.0100. The molecule has 1 N–H and O–H groups in total. The van der Waals surface area contributed by atoms with Gasteiger partial charge in [0.1, 0.15) is 0 Å². The first-order valence-corrected chi connectivity index (χ1v) is 7.65. The van der Waals surface area contributed by atoms with Crippen molar-refractivity contribution in [2.45, 2.75) is 32.2 Å². The molecule has 0 radical (unpaired) electrons. The van der Waals surface area contributed by atoms with Crippen LogP contribution in [0.25, 0.3) is 0 Å². The van der Waals surface area contributed by atoms with Gasteiger partial charge in [-0.25, -0.2) is 0 Å². The monoisotopic (exact) mass is 338 g/mol. The van der Waals surface area contributed by atoms with Crippen LogP contribution in [0.15, 0.2) is 28.7 Å². The third-order valence-electron chi connectivity index (χ3n) is 3.51. The van der Waals surface area contributed by atoms with Crippen molar-refractivity contribution in [2.24, 2.45) is 0 Å². The number of carbonyl (C=O) groups excluding carboxylic acids is 2. The van der Waals surface area contributed by atoms with Crippen molar-refractivity contribution in [1.29, 1.82) is 0 Å². The van der Waals surface area contributed by atoms with Crippen LogP contribution in [0.1, 0.15) is 25.3 Å². The van der Waals surface area contributed by atoms with E-state index in [4.69, 9.17) is 0 Å². The van der Waals surface area contributed by atoms with Gasteiger partial charge >= 0.3 is 0 Å². The zero-order valence-electron chi connectivity index (χ0n) is 11.6. The van der Waals surface area contributed by atoms with Gasteiger partial charge in [-0.3, -0.25) is 14.5 Å². The smallest absolute Gasteiger partial charge is 0.233 e. The van der Waals surface area contributed by atoms with Gasteiger partial charge in [-0.1, -0.05) is 28.1 Å². The highest BCUT2D eigenvalue weighted by Gasteiger charge is 2.28. The fraction of sp³-hybridized carbons (Fsp3) is 0.467. The molecule has 0 aliphatic carbocycles. The fourth-order valence-electron chi connectivity index (χ4n) is 2.55. The van der Waals surface area contributed by atoms with E-state index in [0.717, 1.165) is 29.4 Å². The van der Waals surface area contributed by atoms with Gasteiger partial charge in [0.2, 0.25) is 11.8 Å². The number of hydrogen-bond donors (Lipinski definition) is 1. The van der Waals surface area contributed by atoms with Gasteiger partial charge in [0.25, 0.3) is 0 Å². The minimum Gasteiger partial charge on any atom is -0.315 e. The Balaban J connectivity index is 2.06. The van der Waals surface area contributed by atoms with Gasteiger partial charge < -0.3 is 5.32 Å². The van der Waals surface area contributed by atoms with Gasteiger partial charge in [0, 0.05) is 17.9 Å². The Morgan fingerprint density at radius 1 is 1.35 bits per heavy atom. The first-order valence-electron chi connectivity index (χ1n) is 6.85. The van der Waals surface area contributed by atoms with Crippen LogP contribution in [0.2, 0.25) is 0 Å². The number of benzene rings is 1. The predicted octanol–water partition coefficient (Wildman–Crippen LogP) is 2.12. The van der Waals surface area contributed by atoms with Gasteiger partial charge in [-0.15, -0.1) is 0 Å². The summed E-state index contributed by atoms with van der Waals surface area (Å²) < 4.78 is 0.980. The number of hydrogen-bond acceptors (Lipinski definition) is 3. The van der Waals surface area contributed by atoms with Crippen molar-refractivity contribution in [2.75, 3.05) is 13.1 Å². The number of nitrogens with one attached hydrogen (secondary N) is 1. The second-order valence-corrected chi connectivity index (χ2v) is 6.00. The van der Waals surface area contributed by atoms with E-state index < -0.39 is 0 Å². The number of piperidine rings is 1. The summed E-state index contributed by atoms with van der Waals surface area (Å²) in [6.45, 7) is 3.13. The number of nitrogens with zero attached hydrogens (tertiary/aromatic N) is 1. The molecule has 2 amide bonds. The molecule has 1 unspecified atom stereocenters. The molecule has 1 aliphatic heterocycles. The van der Waals surface area contributed by atoms with E-state index >= 15 is 0 Å². The first-order chi connectivity index (χ1) is 9.58. The summed E-state index contributed by atoms with van der Waals surface area (Å²) in [5.74, 6) is -0.283. The number of rotatable bonds is 3. The summed E-state index contributed by atoms with van der Waals surface area (Å²) in [7, 11) is 0. The lowest BCUT2D eigenvalue weighted by atomic mass is 10.0. The molecule has 0 aromatic heterocycles. The third kappa shape index (κ3) is 3.90. The van der Waals surface area contributed by atoms with Gasteiger partial charge in [0.05, 0.1) is 12.5 Å². The van der Waals surface area contributed by atoms with Crippen LogP contribution in [0.3, 0.4) is 0 Å². The van der Waals surface area contributed by atoms with E-state index in [0.29, 0.717) is 6.54 Å². The van der Waals surface area contributed by atoms with Crippen LogP contribution in [-0.2, 0) is 16.0 Å². The Hall–Kier alpha value is -1.20. The molecule has 2 rings (SSSR count). The Kier molecular flexibility index (Phi) is 5.31. The van der Waals surface area contributed by atoms with Crippen molar-refractivity contribution in [3.05, 3.63) is 34.3 Å². The minimum atomic E-state index is -0.166. The van der Waals surface area contributed by atoms with Crippen molar-refractivity contribution >= 4 is 27.7 Å². The first kappa shape index (κ1) is 15.2. The number of halogens is 1. The predicted molar refractivity (Wildman–Crippen MR) is 81.3 cm³/mol. The standard InChI is InChI=1S/C15H19BrN2O2/c1-11(19)18(14-3-2-8-17-10-14)15(20)9-12-4-6-13(16)7-5-12/h4-7,14,17H,2-3,8-10H2,1H3. The Morgan fingerprint density at radius 3 is 2.60 bits per heavy atom. The summed E-state index contributed by atoms with van der Waals surface area (Å²) in [5, 5.41) is 3.24. The van der Waals surface area contributed by atoms with E-state index in [9.17, 15) is 9.59 Å². The lowest BCUT2D eigenvalue weighted by Gasteiger charge is -2.32. The molecular formula is C15H19BrN2O2. The van der Waals surface area contributed by atoms with Crippen molar-refractivity contribution in [3.8, 4) is 0 Å². The highest BCUT2D eigenvalue weighted by atomic mass is 79.9. The van der Waals surface area contributed by atoms with E-state index in [1.165, 1.54) is 11.8 Å². The van der Waals surface area contributed by atoms with Crippen molar-refractivity contribution in [3.63, 3.8) is 0 Å². The molecular weight excluding hydrogens is 320 g/mol. The lowest BCUT2D eigenvalue weighted by Crippen LogP contribution is -2.51. The zero-order chi connectivity index (χ0) is 14.5. The third-order valence-corrected chi connectivity index (χ3v) is 4.04. The van der Waals surface area contributed by atoms with Gasteiger partial charge in [0.15, 0.2) is 0 Å². The van der Waals surface area contributed by atoms with Crippen molar-refractivity contribution in [1.82, 2.24) is 10.2 Å². The molecule has 1 aromatic carbocycles. The normalized spacial score (nSPS) is 18.6. The molecule has 108 valence electrons. The fourth-order valence-corrected chi connectivity index (χ4v) is 2.82. The molecule has 0 spiro atoms. The highest BCUT2D eigenvalue weighted by Crippen LogP contribution is 2.15. The summed E-state index contributed by atoms with van der Waals surface area (Å²) in [5.41, 5.74) is 0.924. The maximum absolute atomic E-state index is 12.4. The number of amides is 2. The Bertz CT molecular complexity index is 481. The van der Waals surface area contributed by atoms with Crippen molar-refractivity contribution < 1.29 is 9.59 Å². The van der Waals surface area contributed by atoms with E-state index in [1.807, 2.05) is 24.3 Å². The van der Waals surface area contributed by atoms with E-state index in [1.54, 1.807) is 0 Å². The molecule has 1 atom stereocenters. The van der Waals surface area contributed by atoms with Crippen LogP contribution in [0.4, 0.5) is 0 Å². The largest absolute Gasteiger partial charge is 0.315 e. The molecule has 1 aliphatic rings. The second-order valence-electron chi connectivity index (χ2n) is 5.09. The van der Waals surface area contributed by atoms with Crippen LogP contribution < -0.4 is 5.32 Å². The maximum atomic E-state index is 12.4. The summed E-state index contributed by atoms with van der Waals surface area (Å²) in [4.78, 5) is 25.6. The molecule has 0 saturated carbocycles. The molecule has 0 bridgehead atoms. The van der Waals surface area contributed by atoms with Gasteiger partial charge in [-0.05, 0) is 37.1 Å². The molecule has 1 fully saturated rings. The summed E-state index contributed by atoms with van der Waals surface area (Å²) >= 11 is 3.37. The maximum Gasteiger partial charge on any atom is 0.233 e. The molecule has 4 nitrogen and oxygen atoms in total. The number of imide groups is 1. The average Bonchev–Trinajstić information content (AvgIpc) is 2.42. The van der Waals surface area contributed by atoms with Crippen LogP contribution >= 0.6 is 15.9 Å². The highest BCUT2D eigenvalue weighted by molar-refractivity contribution is 9.10. The summed E-state index contributed by atoms with van der Waals surface area (Å²) in [6, 6.07) is 7.61. The topological polar surface area (TPSA) is 49.4 Å². The second kappa shape index (κ2) is 6.99. The lowest BCUT2D eigenvalue weighted by molar-refractivity contribution is -0.146. The van der Waals surface area contributed by atoms with E-state index in [-0.39, 0.29) is 24.3 Å². The molecule has 1 aromatic rings. The molecule has 1 heterocycles. The SMILES string of the molecule is CC(=O)N(C(=O)Cc1ccc(Br)cc1)C1CCCNC1. The summed E-state index contributed by atoms with van der Waals surface area (Å²) in [6.07, 6.45) is 2.15. The number of carbonyl (C=O) groups is 2. The van der Waals surface area contributed by atoms with Crippen LogP contribution in [0.5, 0.6) is 0 Å². The quantitative estimate of drug-likeness (QED) is 0.918. The Morgan fingerprint density at radius 2 is 2.05 bits per heavy atom. The average molecular weight is 339 g/mol. The molecule has 5 heteroatoms. The Labute approximate surface area is 127 Å². The zero-order valence-corrected chi connectivity index (χ0v) is 13.1. The van der Waals surface area contributed by atoms with E-state index in [2.05, 4.69) is 21.2 Å².